The second kappa shape index (κ2) is 6.78. The van der Waals surface area contributed by atoms with Crippen molar-refractivity contribution in [1.82, 2.24) is 0 Å². The lowest BCUT2D eigenvalue weighted by atomic mass is 9.65. The van der Waals surface area contributed by atoms with Gasteiger partial charge in [0.25, 0.3) is 0 Å². The second-order valence-electron chi connectivity index (χ2n) is 5.99. The van der Waals surface area contributed by atoms with Crippen molar-refractivity contribution in [3.63, 3.8) is 0 Å². The fourth-order valence-electron chi connectivity index (χ4n) is 3.30. The normalized spacial score (nSPS) is 28.4. The molecule has 0 aliphatic heterocycles. The Morgan fingerprint density at radius 2 is 2.10 bits per heavy atom. The summed E-state index contributed by atoms with van der Waals surface area (Å²) in [5, 5.41) is 11.5. The summed E-state index contributed by atoms with van der Waals surface area (Å²) < 4.78 is 0.926. The van der Waals surface area contributed by atoms with Gasteiger partial charge < -0.3 is 10.8 Å². The summed E-state index contributed by atoms with van der Waals surface area (Å²) in [6.45, 7) is 2.75. The fourth-order valence-corrected chi connectivity index (χ4v) is 4.08. The number of benzene rings is 1. The highest BCUT2D eigenvalue weighted by atomic mass is 79.9. The van der Waals surface area contributed by atoms with Crippen molar-refractivity contribution in [2.75, 3.05) is 6.54 Å². The van der Waals surface area contributed by atoms with Crippen molar-refractivity contribution in [3.05, 3.63) is 33.3 Å². The van der Waals surface area contributed by atoms with Crippen LogP contribution in [0.25, 0.3) is 0 Å². The van der Waals surface area contributed by atoms with Gasteiger partial charge in [0.1, 0.15) is 0 Å². The van der Waals surface area contributed by atoms with Crippen molar-refractivity contribution in [2.24, 2.45) is 17.1 Å². The van der Waals surface area contributed by atoms with Crippen LogP contribution in [0.2, 0.25) is 5.02 Å². The third-order valence-electron chi connectivity index (χ3n) is 4.92. The van der Waals surface area contributed by atoms with E-state index in [-0.39, 0.29) is 5.41 Å². The zero-order valence-electron chi connectivity index (χ0n) is 11.9. The molecule has 0 aromatic heterocycles. The number of halogens is 2. The molecule has 3 N–H and O–H groups in total. The Morgan fingerprint density at radius 1 is 1.45 bits per heavy atom. The Hall–Kier alpha value is -0.0900. The number of aliphatic hydroxyl groups excluding tert-OH is 1. The van der Waals surface area contributed by atoms with Crippen LogP contribution in [0, 0.1) is 11.3 Å². The molecular weight excluding hydrogens is 338 g/mol. The van der Waals surface area contributed by atoms with Crippen LogP contribution in [0.3, 0.4) is 0 Å². The van der Waals surface area contributed by atoms with Gasteiger partial charge in [-0.2, -0.15) is 0 Å². The summed E-state index contributed by atoms with van der Waals surface area (Å²) in [5.74, 6) is 0.780. The molecule has 0 bridgehead atoms. The van der Waals surface area contributed by atoms with Crippen LogP contribution >= 0.6 is 27.5 Å². The van der Waals surface area contributed by atoms with E-state index in [1.807, 2.05) is 18.2 Å². The first-order valence-electron chi connectivity index (χ1n) is 7.35. The minimum Gasteiger partial charge on any atom is -0.388 e. The summed E-state index contributed by atoms with van der Waals surface area (Å²) in [7, 11) is 0. The van der Waals surface area contributed by atoms with Crippen LogP contribution in [0.5, 0.6) is 0 Å². The molecule has 0 heterocycles. The van der Waals surface area contributed by atoms with Gasteiger partial charge in [-0.1, -0.05) is 46.9 Å². The van der Waals surface area contributed by atoms with Crippen molar-refractivity contribution >= 4 is 27.5 Å². The van der Waals surface area contributed by atoms with Gasteiger partial charge in [0.15, 0.2) is 0 Å². The minimum atomic E-state index is -0.578. The standard InChI is InChI=1S/C16H23BrClNO/c1-2-11-5-7-16(10-19,8-6-11)15(20)13-4-3-12(17)9-14(13)18/h3-4,9,11,15,20H,2,5-8,10,19H2,1H3. The molecule has 112 valence electrons. The van der Waals surface area contributed by atoms with E-state index in [2.05, 4.69) is 22.9 Å². The number of nitrogens with two attached hydrogens (primary N) is 1. The molecule has 1 aliphatic carbocycles. The Kier molecular flexibility index (Phi) is 5.52. The largest absolute Gasteiger partial charge is 0.388 e. The average Bonchev–Trinajstić information content (AvgIpc) is 2.46. The maximum absolute atomic E-state index is 10.8. The molecule has 0 saturated heterocycles. The second-order valence-corrected chi connectivity index (χ2v) is 7.31. The minimum absolute atomic E-state index is 0.219. The zero-order chi connectivity index (χ0) is 14.8. The van der Waals surface area contributed by atoms with Crippen molar-refractivity contribution in [1.29, 1.82) is 0 Å². The summed E-state index contributed by atoms with van der Waals surface area (Å²) in [5.41, 5.74) is 6.61. The van der Waals surface area contributed by atoms with E-state index in [0.717, 1.165) is 41.6 Å². The molecule has 4 heteroatoms. The van der Waals surface area contributed by atoms with Crippen LogP contribution in [-0.2, 0) is 0 Å². The Balaban J connectivity index is 2.23. The first-order valence-corrected chi connectivity index (χ1v) is 8.52. The van der Waals surface area contributed by atoms with Gasteiger partial charge in [0.05, 0.1) is 6.10 Å². The molecule has 2 rings (SSSR count). The summed E-state index contributed by atoms with van der Waals surface area (Å²) in [6, 6.07) is 5.66. The van der Waals surface area contributed by atoms with E-state index in [4.69, 9.17) is 17.3 Å². The van der Waals surface area contributed by atoms with E-state index >= 15 is 0 Å². The first-order chi connectivity index (χ1) is 9.52. The smallest absolute Gasteiger partial charge is 0.0872 e. The topological polar surface area (TPSA) is 46.2 Å². The summed E-state index contributed by atoms with van der Waals surface area (Å²) in [4.78, 5) is 0. The van der Waals surface area contributed by atoms with Gasteiger partial charge in [0, 0.05) is 21.5 Å². The highest BCUT2D eigenvalue weighted by molar-refractivity contribution is 9.10. The molecular formula is C16H23BrClNO. The fraction of sp³-hybridized carbons (Fsp3) is 0.625. The molecule has 1 fully saturated rings. The van der Waals surface area contributed by atoms with Crippen LogP contribution in [0.1, 0.15) is 50.7 Å². The Morgan fingerprint density at radius 3 is 2.60 bits per heavy atom. The van der Waals surface area contributed by atoms with Gasteiger partial charge in [-0.3, -0.25) is 0 Å². The van der Waals surface area contributed by atoms with Gasteiger partial charge in [-0.15, -0.1) is 0 Å². The molecule has 2 nitrogen and oxygen atoms in total. The number of aliphatic hydroxyl groups is 1. The van der Waals surface area contributed by atoms with Gasteiger partial charge in [-0.05, 0) is 49.3 Å². The predicted molar refractivity (Wildman–Crippen MR) is 87.8 cm³/mol. The SMILES string of the molecule is CCC1CCC(CN)(C(O)c2ccc(Br)cc2Cl)CC1. The van der Waals surface area contributed by atoms with Gasteiger partial charge in [-0.25, -0.2) is 0 Å². The number of hydrogen-bond acceptors (Lipinski definition) is 2. The van der Waals surface area contributed by atoms with E-state index in [1.54, 1.807) is 0 Å². The summed E-state index contributed by atoms with van der Waals surface area (Å²) in [6.07, 6.45) is 4.91. The van der Waals surface area contributed by atoms with Crippen LogP contribution < -0.4 is 5.73 Å². The number of hydrogen-bond donors (Lipinski definition) is 2. The summed E-state index contributed by atoms with van der Waals surface area (Å²) >= 11 is 9.69. The predicted octanol–water partition coefficient (Wildman–Crippen LogP) is 4.68. The lowest BCUT2D eigenvalue weighted by Gasteiger charge is -2.43. The molecule has 1 aliphatic rings. The van der Waals surface area contributed by atoms with Crippen LogP contribution in [0.4, 0.5) is 0 Å². The highest BCUT2D eigenvalue weighted by Crippen LogP contribution is 2.48. The molecule has 0 amide bonds. The lowest BCUT2D eigenvalue weighted by molar-refractivity contribution is -0.0102. The maximum Gasteiger partial charge on any atom is 0.0872 e. The van der Waals surface area contributed by atoms with E-state index in [0.29, 0.717) is 11.6 Å². The zero-order valence-corrected chi connectivity index (χ0v) is 14.3. The van der Waals surface area contributed by atoms with Crippen molar-refractivity contribution in [3.8, 4) is 0 Å². The quantitative estimate of drug-likeness (QED) is 0.819. The molecule has 1 saturated carbocycles. The third kappa shape index (κ3) is 3.22. The Labute approximate surface area is 134 Å². The molecule has 1 unspecified atom stereocenters. The maximum atomic E-state index is 10.8. The number of rotatable bonds is 4. The molecule has 20 heavy (non-hydrogen) atoms. The first kappa shape index (κ1) is 16.3. The van der Waals surface area contributed by atoms with Crippen LogP contribution in [-0.4, -0.2) is 11.7 Å². The highest BCUT2D eigenvalue weighted by Gasteiger charge is 2.41. The molecule has 0 radical (unpaired) electrons. The van der Waals surface area contributed by atoms with Crippen molar-refractivity contribution < 1.29 is 5.11 Å². The Bertz CT molecular complexity index is 458. The van der Waals surface area contributed by atoms with Crippen LogP contribution in [0.15, 0.2) is 22.7 Å². The third-order valence-corrected chi connectivity index (χ3v) is 5.74. The molecule has 1 aromatic rings. The lowest BCUT2D eigenvalue weighted by Crippen LogP contribution is -2.40. The molecule has 0 spiro atoms. The van der Waals surface area contributed by atoms with E-state index < -0.39 is 6.10 Å². The van der Waals surface area contributed by atoms with Crippen molar-refractivity contribution in [2.45, 2.75) is 45.1 Å². The average molecular weight is 361 g/mol. The van der Waals surface area contributed by atoms with Gasteiger partial charge in [0.2, 0.25) is 0 Å². The van der Waals surface area contributed by atoms with E-state index in [9.17, 15) is 5.11 Å². The van der Waals surface area contributed by atoms with E-state index in [1.165, 1.54) is 6.42 Å². The molecule has 1 aromatic carbocycles. The van der Waals surface area contributed by atoms with Gasteiger partial charge >= 0.3 is 0 Å². The molecule has 1 atom stereocenters. The monoisotopic (exact) mass is 359 g/mol.